The molecule has 0 spiro atoms. The van der Waals surface area contributed by atoms with Crippen LogP contribution in [0.5, 0.6) is 0 Å². The van der Waals surface area contributed by atoms with E-state index in [-0.39, 0.29) is 12.5 Å². The summed E-state index contributed by atoms with van der Waals surface area (Å²) in [5, 5.41) is 17.0. The number of aliphatic hydroxyl groups excluding tert-OH is 1. The van der Waals surface area contributed by atoms with Gasteiger partial charge in [-0.05, 0) is 31.6 Å². The van der Waals surface area contributed by atoms with Gasteiger partial charge in [0.05, 0.1) is 6.10 Å². The van der Waals surface area contributed by atoms with Crippen LogP contribution in [0.3, 0.4) is 0 Å². The minimum atomic E-state index is -0.745. The molecule has 2 unspecified atom stereocenters. The second-order valence-corrected chi connectivity index (χ2v) is 3.96. The molecule has 2 N–H and O–H groups in total. The standard InChI is InChI=1S/C9H16O.C3H6O2/c1-2-4-8-5-3-6-9(10)7-8;1-2-3(4)5/h2,8-10H,1,3-7H2;2H2,1H3,(H,4,5). The third-order valence-corrected chi connectivity index (χ3v) is 2.56. The molecule has 0 aromatic heterocycles. The normalized spacial score (nSPS) is 24.9. The molecule has 0 aromatic rings. The number of aliphatic carboxylic acids is 1. The predicted molar refractivity (Wildman–Crippen MR) is 60.7 cm³/mol. The van der Waals surface area contributed by atoms with Crippen molar-refractivity contribution < 1.29 is 15.0 Å². The van der Waals surface area contributed by atoms with Gasteiger partial charge < -0.3 is 10.2 Å². The highest BCUT2D eigenvalue weighted by Gasteiger charge is 2.18. The smallest absolute Gasteiger partial charge is 0.303 e. The minimum absolute atomic E-state index is 0.0290. The van der Waals surface area contributed by atoms with Crippen molar-refractivity contribution >= 4 is 5.97 Å². The quantitative estimate of drug-likeness (QED) is 0.710. The molecule has 2 atom stereocenters. The molecule has 0 aromatic carbocycles. The maximum absolute atomic E-state index is 9.37. The number of hydrogen-bond donors (Lipinski definition) is 2. The molecule has 15 heavy (non-hydrogen) atoms. The second kappa shape index (κ2) is 8.48. The molecule has 1 aliphatic carbocycles. The number of carbonyl (C=O) groups is 1. The van der Waals surface area contributed by atoms with Gasteiger partial charge in [0.25, 0.3) is 0 Å². The fraction of sp³-hybridized carbons (Fsp3) is 0.750. The summed E-state index contributed by atoms with van der Waals surface area (Å²) in [6, 6.07) is 0. The Kier molecular flexibility index (Phi) is 8.01. The zero-order valence-corrected chi connectivity index (χ0v) is 9.48. The van der Waals surface area contributed by atoms with Gasteiger partial charge >= 0.3 is 5.97 Å². The Hall–Kier alpha value is -0.830. The third kappa shape index (κ3) is 8.18. The summed E-state index contributed by atoms with van der Waals surface area (Å²) >= 11 is 0. The minimum Gasteiger partial charge on any atom is -0.481 e. The number of carboxylic acid groups (broad SMARTS) is 1. The number of carboxylic acids is 1. The van der Waals surface area contributed by atoms with E-state index in [2.05, 4.69) is 6.58 Å². The SMILES string of the molecule is C=CCC1CCCC(O)C1.CCC(=O)O. The number of hydrogen-bond acceptors (Lipinski definition) is 2. The summed E-state index contributed by atoms with van der Waals surface area (Å²) in [6.45, 7) is 5.30. The monoisotopic (exact) mass is 214 g/mol. The molecule has 1 rings (SSSR count). The van der Waals surface area contributed by atoms with E-state index in [1.54, 1.807) is 6.92 Å². The molecule has 0 heterocycles. The largest absolute Gasteiger partial charge is 0.481 e. The summed E-state index contributed by atoms with van der Waals surface area (Å²) in [4.78, 5) is 9.37. The van der Waals surface area contributed by atoms with Crippen molar-refractivity contribution in [2.45, 2.75) is 51.6 Å². The lowest BCUT2D eigenvalue weighted by Crippen LogP contribution is -2.18. The maximum atomic E-state index is 9.37. The van der Waals surface area contributed by atoms with Crippen molar-refractivity contribution in [3.8, 4) is 0 Å². The molecule has 1 saturated carbocycles. The first kappa shape index (κ1) is 14.2. The van der Waals surface area contributed by atoms with Gasteiger partial charge in [-0.1, -0.05) is 19.4 Å². The molecule has 0 bridgehead atoms. The van der Waals surface area contributed by atoms with E-state index in [0.29, 0.717) is 5.92 Å². The lowest BCUT2D eigenvalue weighted by molar-refractivity contribution is -0.136. The fourth-order valence-corrected chi connectivity index (χ4v) is 1.71. The average Bonchev–Trinajstić information content (AvgIpc) is 2.19. The zero-order chi connectivity index (χ0) is 11.7. The zero-order valence-electron chi connectivity index (χ0n) is 9.48. The molecule has 3 heteroatoms. The Morgan fingerprint density at radius 3 is 2.53 bits per heavy atom. The van der Waals surface area contributed by atoms with Gasteiger partial charge in [0.15, 0.2) is 0 Å². The Balaban J connectivity index is 0.000000336. The van der Waals surface area contributed by atoms with Crippen molar-refractivity contribution in [3.63, 3.8) is 0 Å². The van der Waals surface area contributed by atoms with Crippen LogP contribution in [0.4, 0.5) is 0 Å². The van der Waals surface area contributed by atoms with Crippen LogP contribution in [0.2, 0.25) is 0 Å². The molecular formula is C12H22O3. The highest BCUT2D eigenvalue weighted by Crippen LogP contribution is 2.26. The van der Waals surface area contributed by atoms with Gasteiger partial charge in [-0.2, -0.15) is 0 Å². The Morgan fingerprint density at radius 2 is 2.13 bits per heavy atom. The van der Waals surface area contributed by atoms with Gasteiger partial charge in [-0.3, -0.25) is 4.79 Å². The molecule has 0 radical (unpaired) electrons. The second-order valence-electron chi connectivity index (χ2n) is 3.96. The number of rotatable bonds is 3. The molecule has 3 nitrogen and oxygen atoms in total. The average molecular weight is 214 g/mol. The van der Waals surface area contributed by atoms with Gasteiger partial charge in [0.2, 0.25) is 0 Å². The van der Waals surface area contributed by atoms with Crippen LogP contribution >= 0.6 is 0 Å². The molecule has 88 valence electrons. The van der Waals surface area contributed by atoms with Gasteiger partial charge in [0.1, 0.15) is 0 Å². The Labute approximate surface area is 91.8 Å². The fourth-order valence-electron chi connectivity index (χ4n) is 1.71. The summed E-state index contributed by atoms with van der Waals surface area (Å²) < 4.78 is 0. The van der Waals surface area contributed by atoms with E-state index < -0.39 is 5.97 Å². The van der Waals surface area contributed by atoms with E-state index in [0.717, 1.165) is 19.3 Å². The molecule has 1 aliphatic rings. The predicted octanol–water partition coefficient (Wildman–Crippen LogP) is 2.59. The Morgan fingerprint density at radius 1 is 1.53 bits per heavy atom. The lowest BCUT2D eigenvalue weighted by atomic mass is 9.85. The number of allylic oxidation sites excluding steroid dienone is 1. The van der Waals surface area contributed by atoms with Crippen molar-refractivity contribution in [2.24, 2.45) is 5.92 Å². The van der Waals surface area contributed by atoms with Crippen molar-refractivity contribution in [3.05, 3.63) is 12.7 Å². The molecule has 0 amide bonds. The van der Waals surface area contributed by atoms with Crippen LogP contribution in [-0.2, 0) is 4.79 Å². The summed E-state index contributed by atoms with van der Waals surface area (Å²) in [5.41, 5.74) is 0. The van der Waals surface area contributed by atoms with Crippen LogP contribution in [0.1, 0.15) is 45.4 Å². The van der Waals surface area contributed by atoms with E-state index in [4.69, 9.17) is 5.11 Å². The van der Waals surface area contributed by atoms with Crippen LogP contribution in [0.15, 0.2) is 12.7 Å². The van der Waals surface area contributed by atoms with E-state index in [1.807, 2.05) is 6.08 Å². The Bertz CT molecular complexity index is 189. The number of aliphatic hydroxyl groups is 1. The summed E-state index contributed by atoms with van der Waals surface area (Å²) in [5.74, 6) is -0.0359. The molecule has 1 fully saturated rings. The van der Waals surface area contributed by atoms with Crippen molar-refractivity contribution in [1.29, 1.82) is 0 Å². The van der Waals surface area contributed by atoms with E-state index >= 15 is 0 Å². The van der Waals surface area contributed by atoms with Gasteiger partial charge in [-0.25, -0.2) is 0 Å². The van der Waals surface area contributed by atoms with Crippen LogP contribution in [0.25, 0.3) is 0 Å². The van der Waals surface area contributed by atoms with Crippen molar-refractivity contribution in [1.82, 2.24) is 0 Å². The third-order valence-electron chi connectivity index (χ3n) is 2.56. The first-order valence-corrected chi connectivity index (χ1v) is 5.60. The maximum Gasteiger partial charge on any atom is 0.303 e. The topological polar surface area (TPSA) is 57.5 Å². The van der Waals surface area contributed by atoms with E-state index in [1.165, 1.54) is 12.8 Å². The van der Waals surface area contributed by atoms with E-state index in [9.17, 15) is 9.90 Å². The first-order chi connectivity index (χ1) is 7.10. The highest BCUT2D eigenvalue weighted by molar-refractivity contribution is 5.66. The molecule has 0 saturated heterocycles. The highest BCUT2D eigenvalue weighted by atomic mass is 16.4. The first-order valence-electron chi connectivity index (χ1n) is 5.60. The van der Waals surface area contributed by atoms with Gasteiger partial charge in [0, 0.05) is 6.42 Å². The van der Waals surface area contributed by atoms with Crippen LogP contribution in [-0.4, -0.2) is 22.3 Å². The molecule has 0 aliphatic heterocycles. The van der Waals surface area contributed by atoms with Crippen LogP contribution < -0.4 is 0 Å². The van der Waals surface area contributed by atoms with Crippen LogP contribution in [0, 0.1) is 5.92 Å². The van der Waals surface area contributed by atoms with Crippen molar-refractivity contribution in [2.75, 3.05) is 0 Å². The van der Waals surface area contributed by atoms with Gasteiger partial charge in [-0.15, -0.1) is 6.58 Å². The molecular weight excluding hydrogens is 192 g/mol. The summed E-state index contributed by atoms with van der Waals surface area (Å²) in [7, 11) is 0. The summed E-state index contributed by atoms with van der Waals surface area (Å²) in [6.07, 6.45) is 7.71. The lowest BCUT2D eigenvalue weighted by Gasteiger charge is -2.24.